The second-order valence-electron chi connectivity index (χ2n) is 6.79. The summed E-state index contributed by atoms with van der Waals surface area (Å²) in [5.41, 5.74) is 2.16. The Balaban J connectivity index is 1.67. The average Bonchev–Trinajstić information content (AvgIpc) is 3.17. The first-order valence-electron chi connectivity index (χ1n) is 9.15. The molecule has 0 bridgehead atoms. The predicted octanol–water partition coefficient (Wildman–Crippen LogP) is 2.50. The summed E-state index contributed by atoms with van der Waals surface area (Å²) in [6.45, 7) is 2.88. The largest absolute Gasteiger partial charge is 0.378 e. The molecule has 9 nitrogen and oxygen atoms in total. The molecule has 3 N–H and O–H groups in total. The molecular formula is C19H20N6O3S2. The predicted molar refractivity (Wildman–Crippen MR) is 119 cm³/mol. The van der Waals surface area contributed by atoms with Gasteiger partial charge in [-0.1, -0.05) is 6.07 Å². The zero-order valence-electron chi connectivity index (χ0n) is 16.2. The summed E-state index contributed by atoms with van der Waals surface area (Å²) >= 11 is 0.612. The van der Waals surface area contributed by atoms with Crippen LogP contribution in [0.1, 0.15) is 5.56 Å². The zero-order chi connectivity index (χ0) is 21.3. The van der Waals surface area contributed by atoms with Gasteiger partial charge < -0.3 is 14.6 Å². The van der Waals surface area contributed by atoms with E-state index in [0.29, 0.717) is 36.4 Å². The Kier molecular flexibility index (Phi) is 5.58. The molecule has 3 aromatic rings. The highest BCUT2D eigenvalue weighted by Crippen LogP contribution is 2.29. The number of nitrogens with zero attached hydrogens (tertiary/aromatic N) is 3. The molecule has 1 aliphatic rings. The number of fused-ring (bicyclic) bond motifs is 1. The molecule has 1 saturated heterocycles. The second kappa shape index (κ2) is 8.17. The van der Waals surface area contributed by atoms with Gasteiger partial charge in [0, 0.05) is 53.8 Å². The van der Waals surface area contributed by atoms with E-state index in [1.807, 2.05) is 18.3 Å². The molecule has 0 amide bonds. The van der Waals surface area contributed by atoms with Gasteiger partial charge in [-0.3, -0.25) is 10.8 Å². The fourth-order valence-corrected chi connectivity index (χ4v) is 4.41. The Hall–Kier alpha value is -2.76. The van der Waals surface area contributed by atoms with Crippen LogP contribution in [-0.2, 0) is 14.6 Å². The smallest absolute Gasteiger partial charge is 0.198 e. The van der Waals surface area contributed by atoms with E-state index in [-0.39, 0.29) is 5.04 Å². The Bertz CT molecular complexity index is 1230. The minimum Gasteiger partial charge on any atom is -0.378 e. The number of aromatic amines is 1. The third-order valence-corrected chi connectivity index (χ3v) is 7.15. The van der Waals surface area contributed by atoms with Gasteiger partial charge in [0.1, 0.15) is 10.9 Å². The molecule has 0 spiro atoms. The first kappa shape index (κ1) is 20.5. The van der Waals surface area contributed by atoms with Crippen LogP contribution in [0.2, 0.25) is 0 Å². The van der Waals surface area contributed by atoms with Crippen molar-refractivity contribution in [2.24, 2.45) is 0 Å². The number of rotatable bonds is 3. The normalized spacial score (nSPS) is 14.8. The van der Waals surface area contributed by atoms with E-state index in [4.69, 9.17) is 20.5 Å². The molecule has 156 valence electrons. The van der Waals surface area contributed by atoms with Crippen molar-refractivity contribution in [3.8, 4) is 11.4 Å². The summed E-state index contributed by atoms with van der Waals surface area (Å²) < 4.78 is 27.8. The molecule has 2 aromatic heterocycles. The number of H-pyrrole nitrogens is 1. The molecule has 4 rings (SSSR count). The fourth-order valence-electron chi connectivity index (χ4n) is 3.12. The van der Waals surface area contributed by atoms with E-state index in [1.54, 1.807) is 18.3 Å². The van der Waals surface area contributed by atoms with Crippen LogP contribution in [-0.4, -0.2) is 65.3 Å². The molecule has 1 fully saturated rings. The van der Waals surface area contributed by atoms with Crippen molar-refractivity contribution in [1.82, 2.24) is 15.0 Å². The van der Waals surface area contributed by atoms with Gasteiger partial charge in [0.05, 0.1) is 13.2 Å². The Morgan fingerprint density at radius 3 is 2.73 bits per heavy atom. The molecule has 0 unspecified atom stereocenters. The van der Waals surface area contributed by atoms with E-state index in [9.17, 15) is 8.42 Å². The van der Waals surface area contributed by atoms with Crippen molar-refractivity contribution >= 4 is 47.7 Å². The fraction of sp³-hybridized carbons (Fsp3) is 0.263. The lowest BCUT2D eigenvalue weighted by Crippen LogP contribution is -2.36. The minimum atomic E-state index is -3.64. The van der Waals surface area contributed by atoms with Gasteiger partial charge >= 0.3 is 0 Å². The molecule has 3 heterocycles. The lowest BCUT2D eigenvalue weighted by atomic mass is 10.1. The number of aromatic nitrogens is 3. The number of morpholine rings is 1. The highest BCUT2D eigenvalue weighted by Gasteiger charge is 2.18. The number of hydrogen-bond acceptors (Lipinski definition) is 9. The number of anilines is 1. The molecule has 1 aromatic carbocycles. The van der Waals surface area contributed by atoms with Crippen LogP contribution in [0.15, 0.2) is 36.7 Å². The first-order chi connectivity index (χ1) is 14.3. The van der Waals surface area contributed by atoms with E-state index in [2.05, 4.69) is 14.9 Å². The van der Waals surface area contributed by atoms with Gasteiger partial charge in [-0.2, -0.15) is 0 Å². The van der Waals surface area contributed by atoms with Gasteiger partial charge in [-0.25, -0.2) is 18.4 Å². The Labute approximate surface area is 177 Å². The van der Waals surface area contributed by atoms with Crippen LogP contribution >= 0.6 is 11.8 Å². The molecule has 0 aliphatic carbocycles. The van der Waals surface area contributed by atoms with Crippen LogP contribution in [0.5, 0.6) is 0 Å². The summed E-state index contributed by atoms with van der Waals surface area (Å²) in [6, 6.07) is 7.20. The Morgan fingerprint density at radius 2 is 2.00 bits per heavy atom. The van der Waals surface area contributed by atoms with Crippen molar-refractivity contribution in [2.75, 3.05) is 37.5 Å². The summed E-state index contributed by atoms with van der Waals surface area (Å²) in [7, 11) is -3.64. The summed E-state index contributed by atoms with van der Waals surface area (Å²) in [4.78, 5) is 14.5. The van der Waals surface area contributed by atoms with Gasteiger partial charge in [0.2, 0.25) is 0 Å². The summed E-state index contributed by atoms with van der Waals surface area (Å²) in [5, 5.41) is 16.7. The molecule has 30 heavy (non-hydrogen) atoms. The maximum Gasteiger partial charge on any atom is 0.198 e. The summed E-state index contributed by atoms with van der Waals surface area (Å²) in [5.74, 6) is 1.39. The average molecular weight is 445 g/mol. The number of sulfone groups is 1. The van der Waals surface area contributed by atoms with Crippen molar-refractivity contribution in [3.05, 3.63) is 42.2 Å². The van der Waals surface area contributed by atoms with Crippen LogP contribution in [0, 0.1) is 10.8 Å². The third kappa shape index (κ3) is 4.23. The SMILES string of the molecule is CS(=O)(=O)C(=N)SC(=N)c1ccc2[nH]cc(-c3nccc(N4CCOCC4)n3)c2c1. The summed E-state index contributed by atoms with van der Waals surface area (Å²) in [6.07, 6.45) is 4.51. The quantitative estimate of drug-likeness (QED) is 0.417. The van der Waals surface area contributed by atoms with Gasteiger partial charge in [0.15, 0.2) is 20.0 Å². The molecule has 0 saturated carbocycles. The van der Waals surface area contributed by atoms with Gasteiger partial charge in [0.25, 0.3) is 0 Å². The minimum absolute atomic E-state index is 0.0116. The zero-order valence-corrected chi connectivity index (χ0v) is 17.8. The first-order valence-corrected chi connectivity index (χ1v) is 11.9. The van der Waals surface area contributed by atoms with E-state index in [0.717, 1.165) is 41.6 Å². The maximum atomic E-state index is 11.5. The van der Waals surface area contributed by atoms with E-state index >= 15 is 0 Å². The molecule has 1 aliphatic heterocycles. The van der Waals surface area contributed by atoms with Crippen LogP contribution < -0.4 is 4.90 Å². The lowest BCUT2D eigenvalue weighted by molar-refractivity contribution is 0.122. The maximum absolute atomic E-state index is 11.5. The number of hydrogen-bond donors (Lipinski definition) is 3. The standard InChI is InChI=1S/C19H20N6O3S2/c1-30(26,27)19(21)29-17(20)12-2-3-15-13(10-12)14(11-23-15)18-22-5-4-16(24-18)25-6-8-28-9-7-25/h2-5,10-11,20-21,23H,6-9H2,1H3. The van der Waals surface area contributed by atoms with Crippen molar-refractivity contribution in [3.63, 3.8) is 0 Å². The van der Waals surface area contributed by atoms with E-state index < -0.39 is 14.2 Å². The van der Waals surface area contributed by atoms with E-state index in [1.165, 1.54) is 0 Å². The highest BCUT2D eigenvalue weighted by molar-refractivity contribution is 8.42. The third-order valence-electron chi connectivity index (χ3n) is 4.69. The molecule has 11 heteroatoms. The highest BCUT2D eigenvalue weighted by atomic mass is 32.3. The van der Waals surface area contributed by atoms with Crippen LogP contribution in [0.4, 0.5) is 5.82 Å². The lowest BCUT2D eigenvalue weighted by Gasteiger charge is -2.27. The number of benzene rings is 1. The number of thioether (sulfide) groups is 1. The molecule has 0 radical (unpaired) electrons. The molecule has 0 atom stereocenters. The number of nitrogens with one attached hydrogen (secondary N) is 3. The van der Waals surface area contributed by atoms with Crippen LogP contribution in [0.3, 0.4) is 0 Å². The van der Waals surface area contributed by atoms with Crippen molar-refractivity contribution in [2.45, 2.75) is 0 Å². The topological polar surface area (TPSA) is 136 Å². The monoisotopic (exact) mass is 444 g/mol. The molecular weight excluding hydrogens is 424 g/mol. The van der Waals surface area contributed by atoms with Crippen LogP contribution in [0.25, 0.3) is 22.3 Å². The van der Waals surface area contributed by atoms with Crippen molar-refractivity contribution < 1.29 is 13.2 Å². The van der Waals surface area contributed by atoms with Gasteiger partial charge in [-0.05, 0) is 30.0 Å². The van der Waals surface area contributed by atoms with Gasteiger partial charge in [-0.15, -0.1) is 0 Å². The number of ether oxygens (including phenoxy) is 1. The van der Waals surface area contributed by atoms with Crippen molar-refractivity contribution in [1.29, 1.82) is 10.8 Å². The second-order valence-corrected chi connectivity index (χ2v) is 10.0. The Morgan fingerprint density at radius 1 is 1.23 bits per heavy atom.